The van der Waals surface area contributed by atoms with Gasteiger partial charge >= 0.3 is 18.2 Å². The Morgan fingerprint density at radius 1 is 1.31 bits per heavy atom. The fourth-order valence-electron chi connectivity index (χ4n) is 2.96. The Balaban J connectivity index is 0.000000242. The SMILES string of the molecule is O=C(O)C(F)(F)F.O=C1N(c2ccc3sccc3c2)CC2CNCCN12. The highest BCUT2D eigenvalue weighted by atomic mass is 32.1. The number of carbonyl (C=O) groups is 2. The van der Waals surface area contributed by atoms with Crippen molar-refractivity contribution in [2.75, 3.05) is 31.1 Å². The molecule has 1 unspecified atom stereocenters. The summed E-state index contributed by atoms with van der Waals surface area (Å²) in [5.74, 6) is -2.76. The summed E-state index contributed by atoms with van der Waals surface area (Å²) >= 11 is 1.74. The lowest BCUT2D eigenvalue weighted by molar-refractivity contribution is -0.192. The number of fused-ring (bicyclic) bond motifs is 2. The molecule has 2 aliphatic rings. The molecule has 0 aliphatic carbocycles. The van der Waals surface area contributed by atoms with Crippen LogP contribution < -0.4 is 10.2 Å². The van der Waals surface area contributed by atoms with Crippen LogP contribution in [0.15, 0.2) is 29.6 Å². The van der Waals surface area contributed by atoms with Gasteiger partial charge < -0.3 is 15.3 Å². The van der Waals surface area contributed by atoms with E-state index >= 15 is 0 Å². The van der Waals surface area contributed by atoms with Gasteiger partial charge in [0.15, 0.2) is 0 Å². The molecule has 1 atom stereocenters. The van der Waals surface area contributed by atoms with Gasteiger partial charge in [0.05, 0.1) is 6.04 Å². The first kappa shape index (κ1) is 18.5. The molecule has 4 rings (SSSR count). The molecule has 3 heterocycles. The average Bonchev–Trinajstić information content (AvgIpc) is 3.19. The quantitative estimate of drug-likeness (QED) is 0.789. The number of hydrogen-bond donors (Lipinski definition) is 2. The van der Waals surface area contributed by atoms with Crippen molar-refractivity contribution in [3.63, 3.8) is 0 Å². The highest BCUT2D eigenvalue weighted by molar-refractivity contribution is 7.17. The van der Waals surface area contributed by atoms with Gasteiger partial charge in [0.1, 0.15) is 0 Å². The molecule has 140 valence electrons. The second-order valence-corrected chi connectivity index (χ2v) is 6.84. The molecule has 10 heteroatoms. The number of carbonyl (C=O) groups excluding carboxylic acids is 1. The van der Waals surface area contributed by atoms with Gasteiger partial charge in [-0.1, -0.05) is 0 Å². The minimum Gasteiger partial charge on any atom is -0.475 e. The Kier molecular flexibility index (Phi) is 5.05. The highest BCUT2D eigenvalue weighted by Gasteiger charge is 2.39. The van der Waals surface area contributed by atoms with Crippen LogP contribution in [0.3, 0.4) is 0 Å². The molecule has 2 aliphatic heterocycles. The zero-order chi connectivity index (χ0) is 18.9. The number of urea groups is 1. The number of rotatable bonds is 1. The molecule has 1 aromatic heterocycles. The maximum atomic E-state index is 12.4. The molecule has 0 saturated carbocycles. The van der Waals surface area contributed by atoms with Crippen LogP contribution in [0.1, 0.15) is 0 Å². The molecule has 2 N–H and O–H groups in total. The van der Waals surface area contributed by atoms with E-state index in [-0.39, 0.29) is 6.03 Å². The third-order valence-corrected chi connectivity index (χ3v) is 5.11. The predicted octanol–water partition coefficient (Wildman–Crippen LogP) is 2.75. The van der Waals surface area contributed by atoms with Crippen LogP contribution in [0.2, 0.25) is 0 Å². The van der Waals surface area contributed by atoms with Crippen LogP contribution >= 0.6 is 11.3 Å². The summed E-state index contributed by atoms with van der Waals surface area (Å²) in [6, 6.07) is 8.87. The summed E-state index contributed by atoms with van der Waals surface area (Å²) < 4.78 is 33.0. The van der Waals surface area contributed by atoms with Gasteiger partial charge in [-0.3, -0.25) is 4.90 Å². The molecule has 0 bridgehead atoms. The van der Waals surface area contributed by atoms with E-state index in [2.05, 4.69) is 35.0 Å². The number of carboxylic acid groups (broad SMARTS) is 1. The Labute approximate surface area is 150 Å². The second kappa shape index (κ2) is 7.12. The summed E-state index contributed by atoms with van der Waals surface area (Å²) in [7, 11) is 0. The molecular weight excluding hydrogens is 371 g/mol. The first-order valence-electron chi connectivity index (χ1n) is 7.83. The van der Waals surface area contributed by atoms with Gasteiger partial charge in [0.25, 0.3) is 0 Å². The van der Waals surface area contributed by atoms with Gasteiger partial charge in [-0.05, 0) is 35.0 Å². The topological polar surface area (TPSA) is 72.9 Å². The minimum atomic E-state index is -5.08. The van der Waals surface area contributed by atoms with Crippen molar-refractivity contribution in [2.45, 2.75) is 12.2 Å². The molecule has 0 radical (unpaired) electrons. The first-order valence-corrected chi connectivity index (χ1v) is 8.71. The predicted molar refractivity (Wildman–Crippen MR) is 91.6 cm³/mol. The van der Waals surface area contributed by atoms with E-state index < -0.39 is 12.1 Å². The third kappa shape index (κ3) is 3.75. The minimum absolute atomic E-state index is 0.154. The lowest BCUT2D eigenvalue weighted by atomic mass is 10.2. The van der Waals surface area contributed by atoms with E-state index in [1.807, 2.05) is 9.80 Å². The monoisotopic (exact) mass is 387 g/mol. The van der Waals surface area contributed by atoms with Crippen molar-refractivity contribution >= 4 is 39.1 Å². The summed E-state index contributed by atoms with van der Waals surface area (Å²) in [5.41, 5.74) is 1.02. The third-order valence-electron chi connectivity index (χ3n) is 4.21. The zero-order valence-corrected chi connectivity index (χ0v) is 14.3. The Bertz CT molecular complexity index is 824. The molecule has 2 fully saturated rings. The van der Waals surface area contributed by atoms with Crippen LogP contribution in [0.4, 0.5) is 23.7 Å². The average molecular weight is 387 g/mol. The van der Waals surface area contributed by atoms with E-state index in [4.69, 9.17) is 9.90 Å². The number of carboxylic acids is 1. The first-order chi connectivity index (χ1) is 12.3. The van der Waals surface area contributed by atoms with E-state index in [0.717, 1.165) is 31.9 Å². The summed E-state index contributed by atoms with van der Waals surface area (Å²) in [6.07, 6.45) is -5.08. The highest BCUT2D eigenvalue weighted by Crippen LogP contribution is 2.29. The van der Waals surface area contributed by atoms with E-state index in [1.54, 1.807) is 11.3 Å². The molecule has 26 heavy (non-hydrogen) atoms. The van der Waals surface area contributed by atoms with E-state index in [9.17, 15) is 18.0 Å². The number of aliphatic carboxylic acids is 1. The zero-order valence-electron chi connectivity index (χ0n) is 13.5. The number of benzene rings is 1. The lowest BCUT2D eigenvalue weighted by Crippen LogP contribution is -2.49. The van der Waals surface area contributed by atoms with Gasteiger partial charge in [-0.2, -0.15) is 13.2 Å². The number of nitrogens with one attached hydrogen (secondary N) is 1. The van der Waals surface area contributed by atoms with E-state index in [0.29, 0.717) is 6.04 Å². The van der Waals surface area contributed by atoms with Crippen LogP contribution in [-0.2, 0) is 4.79 Å². The fraction of sp³-hybridized carbons (Fsp3) is 0.375. The van der Waals surface area contributed by atoms with Crippen molar-refractivity contribution in [1.82, 2.24) is 10.2 Å². The standard InChI is InChI=1S/C14H15N3OS.C2HF3O2/c18-14-16-5-4-15-8-12(16)9-17(14)11-1-2-13-10(7-11)3-6-19-13;3-2(4,5)1(6)7/h1-3,6-7,12,15H,4-5,8-9H2;(H,6,7). The van der Waals surface area contributed by atoms with Gasteiger partial charge in [-0.15, -0.1) is 11.3 Å². The summed E-state index contributed by atoms with van der Waals surface area (Å²) in [5, 5.41) is 13.8. The van der Waals surface area contributed by atoms with Gasteiger partial charge in [-0.25, -0.2) is 9.59 Å². The number of nitrogens with zero attached hydrogens (tertiary/aromatic N) is 2. The van der Waals surface area contributed by atoms with E-state index in [1.165, 1.54) is 10.1 Å². The summed E-state index contributed by atoms with van der Waals surface area (Å²) in [6.45, 7) is 3.42. The van der Waals surface area contributed by atoms with Crippen LogP contribution in [0.25, 0.3) is 10.1 Å². The Hall–Kier alpha value is -2.33. The van der Waals surface area contributed by atoms with Crippen molar-refractivity contribution < 1.29 is 27.9 Å². The normalized spacial score (nSPS) is 20.0. The number of piperazine rings is 1. The van der Waals surface area contributed by atoms with Crippen molar-refractivity contribution in [2.24, 2.45) is 0 Å². The molecule has 2 amide bonds. The number of hydrogen-bond acceptors (Lipinski definition) is 4. The fourth-order valence-corrected chi connectivity index (χ4v) is 3.73. The molecular formula is C16H16F3N3O3S. The summed E-state index contributed by atoms with van der Waals surface area (Å²) in [4.78, 5) is 25.2. The maximum Gasteiger partial charge on any atom is 0.490 e. The Morgan fingerprint density at radius 3 is 2.69 bits per heavy atom. The van der Waals surface area contributed by atoms with Crippen LogP contribution in [0, 0.1) is 0 Å². The molecule has 2 aromatic rings. The van der Waals surface area contributed by atoms with Crippen molar-refractivity contribution in [3.05, 3.63) is 29.6 Å². The Morgan fingerprint density at radius 2 is 2.04 bits per heavy atom. The van der Waals surface area contributed by atoms with Gasteiger partial charge in [0, 0.05) is 36.6 Å². The van der Waals surface area contributed by atoms with Gasteiger partial charge in [0.2, 0.25) is 0 Å². The van der Waals surface area contributed by atoms with Crippen molar-refractivity contribution in [1.29, 1.82) is 0 Å². The molecule has 6 nitrogen and oxygen atoms in total. The number of halogens is 3. The van der Waals surface area contributed by atoms with Crippen molar-refractivity contribution in [3.8, 4) is 0 Å². The maximum absolute atomic E-state index is 12.4. The largest absolute Gasteiger partial charge is 0.490 e. The number of thiophene rings is 1. The number of anilines is 1. The smallest absolute Gasteiger partial charge is 0.475 e. The second-order valence-electron chi connectivity index (χ2n) is 5.89. The number of alkyl halides is 3. The lowest BCUT2D eigenvalue weighted by Gasteiger charge is -2.28. The molecule has 2 saturated heterocycles. The van der Waals surface area contributed by atoms with Crippen LogP contribution in [0.5, 0.6) is 0 Å². The van der Waals surface area contributed by atoms with Crippen LogP contribution in [-0.4, -0.2) is 60.4 Å². The number of amides is 2. The molecule has 0 spiro atoms. The molecule has 1 aromatic carbocycles.